The van der Waals surface area contributed by atoms with Gasteiger partial charge >= 0.3 is 0 Å². The molecule has 9 rings (SSSR count). The Morgan fingerprint density at radius 2 is 1.27 bits per heavy atom. The average Bonchev–Trinajstić information content (AvgIpc) is 3.65. The van der Waals surface area contributed by atoms with E-state index in [4.69, 9.17) is 9.97 Å². The lowest BCUT2D eigenvalue weighted by Gasteiger charge is -2.10. The lowest BCUT2D eigenvalue weighted by Crippen LogP contribution is -1.94. The SMILES string of the molecule is c1ccc(-n2c3ccccc3c3cc4c(cc32)Cc2cc3c(cc2-4)c2cccnc2n2ccnc32)cc1. The van der Waals surface area contributed by atoms with Crippen LogP contribution >= 0.6 is 0 Å². The minimum Gasteiger partial charge on any atom is -0.309 e. The molecule has 0 saturated heterocycles. The zero-order chi connectivity index (χ0) is 24.1. The van der Waals surface area contributed by atoms with Crippen molar-refractivity contribution in [1.82, 2.24) is 18.9 Å². The van der Waals surface area contributed by atoms with Gasteiger partial charge in [-0.2, -0.15) is 0 Å². The molecule has 8 aromatic rings. The zero-order valence-electron chi connectivity index (χ0n) is 19.9. The molecule has 1 aliphatic carbocycles. The first-order chi connectivity index (χ1) is 18.3. The summed E-state index contributed by atoms with van der Waals surface area (Å²) in [6.07, 6.45) is 6.65. The highest BCUT2D eigenvalue weighted by Gasteiger charge is 2.24. The van der Waals surface area contributed by atoms with E-state index in [0.29, 0.717) is 0 Å². The fourth-order valence-electron chi connectivity index (χ4n) is 6.44. The fourth-order valence-corrected chi connectivity index (χ4v) is 6.44. The molecule has 0 bridgehead atoms. The van der Waals surface area contributed by atoms with E-state index in [1.165, 1.54) is 60.5 Å². The predicted molar refractivity (Wildman–Crippen MR) is 151 cm³/mol. The van der Waals surface area contributed by atoms with Crippen LogP contribution in [0.5, 0.6) is 0 Å². The lowest BCUT2D eigenvalue weighted by molar-refractivity contribution is 1.17. The molecule has 0 amide bonds. The van der Waals surface area contributed by atoms with Gasteiger partial charge in [0.05, 0.1) is 11.0 Å². The molecule has 172 valence electrons. The van der Waals surface area contributed by atoms with Crippen molar-refractivity contribution in [2.45, 2.75) is 6.42 Å². The number of aromatic nitrogens is 4. The summed E-state index contributed by atoms with van der Waals surface area (Å²) in [4.78, 5) is 9.40. The van der Waals surface area contributed by atoms with Crippen molar-refractivity contribution in [3.63, 3.8) is 0 Å². The molecule has 4 aromatic heterocycles. The van der Waals surface area contributed by atoms with E-state index in [-0.39, 0.29) is 0 Å². The van der Waals surface area contributed by atoms with Crippen molar-refractivity contribution in [1.29, 1.82) is 0 Å². The van der Waals surface area contributed by atoms with Crippen molar-refractivity contribution in [2.24, 2.45) is 0 Å². The number of imidazole rings is 1. The van der Waals surface area contributed by atoms with Crippen LogP contribution in [0.3, 0.4) is 0 Å². The van der Waals surface area contributed by atoms with Crippen molar-refractivity contribution in [2.75, 3.05) is 0 Å². The highest BCUT2D eigenvalue weighted by molar-refractivity contribution is 6.14. The molecule has 0 spiro atoms. The van der Waals surface area contributed by atoms with Crippen LogP contribution in [0, 0.1) is 0 Å². The maximum absolute atomic E-state index is 4.71. The van der Waals surface area contributed by atoms with Gasteiger partial charge in [-0.05, 0) is 88.7 Å². The lowest BCUT2D eigenvalue weighted by atomic mass is 9.98. The van der Waals surface area contributed by atoms with Crippen LogP contribution in [0.4, 0.5) is 0 Å². The van der Waals surface area contributed by atoms with Gasteiger partial charge in [0.15, 0.2) is 0 Å². The first-order valence-corrected chi connectivity index (χ1v) is 12.6. The number of nitrogens with zero attached hydrogens (tertiary/aromatic N) is 4. The van der Waals surface area contributed by atoms with Crippen LogP contribution < -0.4 is 0 Å². The summed E-state index contributed by atoms with van der Waals surface area (Å²) in [5, 5.41) is 6.12. The van der Waals surface area contributed by atoms with Crippen molar-refractivity contribution >= 4 is 49.3 Å². The van der Waals surface area contributed by atoms with Crippen molar-refractivity contribution < 1.29 is 0 Å². The van der Waals surface area contributed by atoms with Crippen LogP contribution in [0.1, 0.15) is 11.1 Å². The Labute approximate surface area is 212 Å². The molecule has 1 aliphatic rings. The molecular weight excluding hydrogens is 452 g/mol. The van der Waals surface area contributed by atoms with Gasteiger partial charge < -0.3 is 4.57 Å². The summed E-state index contributed by atoms with van der Waals surface area (Å²) in [6.45, 7) is 0. The van der Waals surface area contributed by atoms with Gasteiger partial charge in [-0.15, -0.1) is 0 Å². The fraction of sp³-hybridized carbons (Fsp3) is 0.0303. The summed E-state index contributed by atoms with van der Waals surface area (Å²) in [5.74, 6) is 0. The normalized spacial score (nSPS) is 12.8. The van der Waals surface area contributed by atoms with Gasteiger partial charge in [0.2, 0.25) is 0 Å². The van der Waals surface area contributed by atoms with Crippen molar-refractivity contribution in [3.8, 4) is 16.8 Å². The largest absolute Gasteiger partial charge is 0.309 e. The summed E-state index contributed by atoms with van der Waals surface area (Å²) >= 11 is 0. The second kappa shape index (κ2) is 6.83. The Balaban J connectivity index is 1.38. The zero-order valence-corrected chi connectivity index (χ0v) is 19.9. The summed E-state index contributed by atoms with van der Waals surface area (Å²) in [6, 6.07) is 33.2. The maximum atomic E-state index is 4.71. The van der Waals surface area contributed by atoms with Gasteiger partial charge in [-0.25, -0.2) is 9.97 Å². The van der Waals surface area contributed by atoms with Crippen molar-refractivity contribution in [3.05, 3.63) is 121 Å². The highest BCUT2D eigenvalue weighted by Crippen LogP contribution is 2.44. The van der Waals surface area contributed by atoms with E-state index in [0.717, 1.165) is 23.1 Å². The van der Waals surface area contributed by atoms with Gasteiger partial charge in [-0.1, -0.05) is 36.4 Å². The Morgan fingerprint density at radius 3 is 2.19 bits per heavy atom. The molecule has 0 N–H and O–H groups in total. The smallest absolute Gasteiger partial charge is 0.146 e. The van der Waals surface area contributed by atoms with E-state index < -0.39 is 0 Å². The molecule has 0 saturated carbocycles. The van der Waals surface area contributed by atoms with Gasteiger partial charge in [-0.3, -0.25) is 4.40 Å². The number of pyridine rings is 2. The standard InChI is InChI=1S/C33H20N4/c1-2-7-22(8-3-1)37-30-11-5-4-9-23(30)28-19-26-21(17-31(28)37)15-20-16-29-27(18-25(20)26)24-10-6-12-34-32(24)36-14-13-35-33(29)36/h1-14,16-19H,15H2. The topological polar surface area (TPSA) is 35.1 Å². The molecule has 0 aliphatic heterocycles. The quantitative estimate of drug-likeness (QED) is 0.229. The molecule has 37 heavy (non-hydrogen) atoms. The number of rotatable bonds is 1. The molecule has 0 radical (unpaired) electrons. The van der Waals surface area contributed by atoms with Gasteiger partial charge in [0.25, 0.3) is 0 Å². The number of para-hydroxylation sites is 2. The molecule has 0 fully saturated rings. The number of fused-ring (bicyclic) bond motifs is 12. The van der Waals surface area contributed by atoms with Gasteiger partial charge in [0.1, 0.15) is 11.3 Å². The number of benzene rings is 4. The Kier molecular flexibility index (Phi) is 3.55. The number of hydrogen-bond donors (Lipinski definition) is 0. The monoisotopic (exact) mass is 472 g/mol. The maximum Gasteiger partial charge on any atom is 0.146 e. The molecule has 4 aromatic carbocycles. The second-order valence-corrected chi connectivity index (χ2v) is 9.94. The van der Waals surface area contributed by atoms with Crippen LogP contribution in [0.25, 0.3) is 66.1 Å². The minimum atomic E-state index is 0.921. The van der Waals surface area contributed by atoms with Crippen LogP contribution in [0.15, 0.2) is 110 Å². The third-order valence-corrected chi connectivity index (χ3v) is 8.01. The first-order valence-electron chi connectivity index (χ1n) is 12.6. The summed E-state index contributed by atoms with van der Waals surface area (Å²) in [5.41, 5.74) is 11.0. The minimum absolute atomic E-state index is 0.921. The third-order valence-electron chi connectivity index (χ3n) is 8.01. The van der Waals surface area contributed by atoms with E-state index in [1.807, 2.05) is 24.7 Å². The molecule has 4 nitrogen and oxygen atoms in total. The summed E-state index contributed by atoms with van der Waals surface area (Å²) < 4.78 is 4.51. The molecule has 4 heterocycles. The molecular formula is C33H20N4. The van der Waals surface area contributed by atoms with E-state index in [1.54, 1.807) is 0 Å². The highest BCUT2D eigenvalue weighted by atomic mass is 15.0. The first kappa shape index (κ1) is 19.3. The van der Waals surface area contributed by atoms with E-state index >= 15 is 0 Å². The average molecular weight is 473 g/mol. The summed E-state index contributed by atoms with van der Waals surface area (Å²) in [7, 11) is 0. The second-order valence-electron chi connectivity index (χ2n) is 9.94. The molecule has 0 unspecified atom stereocenters. The third kappa shape index (κ3) is 2.47. The predicted octanol–water partition coefficient (Wildman–Crippen LogP) is 7.70. The Bertz CT molecular complexity index is 2220. The Morgan fingerprint density at radius 1 is 0.541 bits per heavy atom. The van der Waals surface area contributed by atoms with Crippen LogP contribution in [0.2, 0.25) is 0 Å². The van der Waals surface area contributed by atoms with Crippen LogP contribution in [-0.2, 0) is 6.42 Å². The Hall–Kier alpha value is -4.96. The molecule has 0 atom stereocenters. The molecule has 4 heteroatoms. The number of hydrogen-bond acceptors (Lipinski definition) is 2. The van der Waals surface area contributed by atoms with Gasteiger partial charge in [0, 0.05) is 45.8 Å². The van der Waals surface area contributed by atoms with E-state index in [2.05, 4.69) is 93.9 Å². The van der Waals surface area contributed by atoms with Crippen LogP contribution in [-0.4, -0.2) is 18.9 Å². The van der Waals surface area contributed by atoms with E-state index in [9.17, 15) is 0 Å².